The van der Waals surface area contributed by atoms with Crippen LogP contribution < -0.4 is 5.32 Å². The third-order valence-corrected chi connectivity index (χ3v) is 3.10. The highest BCUT2D eigenvalue weighted by molar-refractivity contribution is 4.68. The van der Waals surface area contributed by atoms with Crippen LogP contribution in [0.15, 0.2) is 0 Å². The molecular formula is C14H28F3N. The van der Waals surface area contributed by atoms with Crippen LogP contribution in [0.25, 0.3) is 0 Å². The lowest BCUT2D eigenvalue weighted by molar-refractivity contribution is -0.135. The van der Waals surface area contributed by atoms with Crippen molar-refractivity contribution in [2.75, 3.05) is 6.54 Å². The zero-order valence-electron chi connectivity index (χ0n) is 11.8. The number of nitrogens with one attached hydrogen (secondary N) is 1. The fourth-order valence-corrected chi connectivity index (χ4v) is 2.06. The van der Waals surface area contributed by atoms with Crippen LogP contribution in [0.4, 0.5) is 13.2 Å². The third kappa shape index (κ3) is 12.2. The standard InChI is InChI=1S/C14H28F3N/c1-3-5-6-7-9-13(18-12-4-2)10-8-11-14(15,16)17/h13,18H,3-12H2,1-2H3. The van der Waals surface area contributed by atoms with E-state index in [9.17, 15) is 13.2 Å². The van der Waals surface area contributed by atoms with Gasteiger partial charge in [-0.1, -0.05) is 39.5 Å². The average Bonchev–Trinajstić information content (AvgIpc) is 2.29. The summed E-state index contributed by atoms with van der Waals surface area (Å²) >= 11 is 0. The van der Waals surface area contributed by atoms with E-state index in [0.29, 0.717) is 6.42 Å². The van der Waals surface area contributed by atoms with Gasteiger partial charge in [-0.2, -0.15) is 13.2 Å². The molecule has 110 valence electrons. The Morgan fingerprint density at radius 1 is 0.889 bits per heavy atom. The summed E-state index contributed by atoms with van der Waals surface area (Å²) in [6.45, 7) is 5.15. The summed E-state index contributed by atoms with van der Waals surface area (Å²) in [4.78, 5) is 0. The molecule has 0 bridgehead atoms. The molecule has 1 unspecified atom stereocenters. The van der Waals surface area contributed by atoms with E-state index in [4.69, 9.17) is 0 Å². The predicted octanol–water partition coefficient (Wildman–Crippen LogP) is 5.06. The summed E-state index contributed by atoms with van der Waals surface area (Å²) in [5.41, 5.74) is 0. The molecule has 1 nitrogen and oxygen atoms in total. The molecule has 0 aromatic carbocycles. The van der Waals surface area contributed by atoms with E-state index in [2.05, 4.69) is 19.2 Å². The van der Waals surface area contributed by atoms with Crippen molar-refractivity contribution in [3.63, 3.8) is 0 Å². The SMILES string of the molecule is CCCCCCC(CCCC(F)(F)F)NCCC. The van der Waals surface area contributed by atoms with Crippen molar-refractivity contribution < 1.29 is 13.2 Å². The minimum absolute atomic E-state index is 0.249. The second kappa shape index (κ2) is 10.7. The molecule has 0 aliphatic rings. The normalized spacial score (nSPS) is 13.8. The fourth-order valence-electron chi connectivity index (χ4n) is 2.06. The zero-order valence-corrected chi connectivity index (χ0v) is 11.8. The topological polar surface area (TPSA) is 12.0 Å². The Morgan fingerprint density at radius 2 is 1.56 bits per heavy atom. The van der Waals surface area contributed by atoms with E-state index in [1.165, 1.54) is 19.3 Å². The van der Waals surface area contributed by atoms with Crippen molar-refractivity contribution in [3.8, 4) is 0 Å². The highest BCUT2D eigenvalue weighted by Crippen LogP contribution is 2.23. The number of hydrogen-bond donors (Lipinski definition) is 1. The largest absolute Gasteiger partial charge is 0.389 e. The van der Waals surface area contributed by atoms with E-state index < -0.39 is 12.6 Å². The first-order chi connectivity index (χ1) is 8.49. The Morgan fingerprint density at radius 3 is 2.11 bits per heavy atom. The zero-order chi connectivity index (χ0) is 13.9. The number of hydrogen-bond acceptors (Lipinski definition) is 1. The molecule has 0 aliphatic heterocycles. The number of alkyl halides is 3. The molecule has 1 N–H and O–H groups in total. The van der Waals surface area contributed by atoms with Gasteiger partial charge in [-0.3, -0.25) is 0 Å². The first-order valence-electron chi connectivity index (χ1n) is 7.29. The molecule has 0 radical (unpaired) electrons. The highest BCUT2D eigenvalue weighted by Gasteiger charge is 2.26. The van der Waals surface area contributed by atoms with Crippen molar-refractivity contribution in [3.05, 3.63) is 0 Å². The van der Waals surface area contributed by atoms with Crippen LogP contribution in [0.1, 0.15) is 71.6 Å². The minimum atomic E-state index is -4.00. The minimum Gasteiger partial charge on any atom is -0.314 e. The van der Waals surface area contributed by atoms with Gasteiger partial charge in [-0.25, -0.2) is 0 Å². The molecule has 0 aromatic heterocycles. The van der Waals surface area contributed by atoms with Crippen LogP contribution in [0, 0.1) is 0 Å². The van der Waals surface area contributed by atoms with Gasteiger partial charge in [0.15, 0.2) is 0 Å². The van der Waals surface area contributed by atoms with Crippen LogP contribution in [-0.2, 0) is 0 Å². The van der Waals surface area contributed by atoms with Gasteiger partial charge >= 0.3 is 6.18 Å². The molecule has 0 saturated heterocycles. The second-order valence-corrected chi connectivity index (χ2v) is 5.01. The summed E-state index contributed by atoms with van der Waals surface area (Å²) in [6.07, 6.45) is 3.03. The van der Waals surface area contributed by atoms with Crippen LogP contribution >= 0.6 is 0 Å². The smallest absolute Gasteiger partial charge is 0.314 e. The Kier molecular flexibility index (Phi) is 10.5. The first kappa shape index (κ1) is 17.8. The Bertz CT molecular complexity index is 180. The quantitative estimate of drug-likeness (QED) is 0.516. The molecule has 0 heterocycles. The maximum atomic E-state index is 12.1. The van der Waals surface area contributed by atoms with E-state index in [1.54, 1.807) is 0 Å². The maximum absolute atomic E-state index is 12.1. The predicted molar refractivity (Wildman–Crippen MR) is 70.7 cm³/mol. The number of unbranched alkanes of at least 4 members (excludes halogenated alkanes) is 3. The Labute approximate surface area is 110 Å². The molecule has 4 heteroatoms. The summed E-state index contributed by atoms with van der Waals surface area (Å²) in [5.74, 6) is 0. The lowest BCUT2D eigenvalue weighted by Gasteiger charge is -2.18. The summed E-state index contributed by atoms with van der Waals surface area (Å²) in [5, 5.41) is 3.37. The van der Waals surface area contributed by atoms with Crippen molar-refractivity contribution in [1.82, 2.24) is 5.32 Å². The number of rotatable bonds is 11. The van der Waals surface area contributed by atoms with Crippen LogP contribution in [0.5, 0.6) is 0 Å². The van der Waals surface area contributed by atoms with Crippen LogP contribution in [0.2, 0.25) is 0 Å². The maximum Gasteiger partial charge on any atom is 0.389 e. The van der Waals surface area contributed by atoms with E-state index in [0.717, 1.165) is 25.8 Å². The average molecular weight is 267 g/mol. The van der Waals surface area contributed by atoms with Crippen LogP contribution in [0.3, 0.4) is 0 Å². The molecule has 0 saturated carbocycles. The Balaban J connectivity index is 3.76. The Hall–Kier alpha value is -0.250. The highest BCUT2D eigenvalue weighted by atomic mass is 19.4. The second-order valence-electron chi connectivity index (χ2n) is 5.01. The first-order valence-corrected chi connectivity index (χ1v) is 7.29. The van der Waals surface area contributed by atoms with Gasteiger partial charge in [0, 0.05) is 12.5 Å². The fraction of sp³-hybridized carbons (Fsp3) is 1.00. The van der Waals surface area contributed by atoms with E-state index >= 15 is 0 Å². The van der Waals surface area contributed by atoms with Crippen molar-refractivity contribution in [2.45, 2.75) is 83.9 Å². The monoisotopic (exact) mass is 267 g/mol. The molecular weight excluding hydrogens is 239 g/mol. The molecule has 18 heavy (non-hydrogen) atoms. The number of halogens is 3. The molecule has 0 fully saturated rings. The van der Waals surface area contributed by atoms with Gasteiger partial charge in [0.2, 0.25) is 0 Å². The van der Waals surface area contributed by atoms with E-state index in [-0.39, 0.29) is 12.5 Å². The van der Waals surface area contributed by atoms with Gasteiger partial charge in [0.1, 0.15) is 0 Å². The lowest BCUT2D eigenvalue weighted by Crippen LogP contribution is -2.30. The van der Waals surface area contributed by atoms with Crippen molar-refractivity contribution >= 4 is 0 Å². The van der Waals surface area contributed by atoms with Crippen molar-refractivity contribution in [1.29, 1.82) is 0 Å². The summed E-state index contributed by atoms with van der Waals surface area (Å²) in [6, 6.07) is 0.268. The van der Waals surface area contributed by atoms with Gasteiger partial charge in [0.05, 0.1) is 0 Å². The van der Waals surface area contributed by atoms with Gasteiger partial charge < -0.3 is 5.32 Å². The molecule has 1 atom stereocenters. The lowest BCUT2D eigenvalue weighted by atomic mass is 10.0. The third-order valence-electron chi connectivity index (χ3n) is 3.10. The molecule has 0 spiro atoms. The van der Waals surface area contributed by atoms with Gasteiger partial charge in [-0.05, 0) is 32.2 Å². The summed E-state index contributed by atoms with van der Waals surface area (Å²) < 4.78 is 36.3. The van der Waals surface area contributed by atoms with E-state index in [1.807, 2.05) is 0 Å². The summed E-state index contributed by atoms with van der Waals surface area (Å²) in [7, 11) is 0. The van der Waals surface area contributed by atoms with Crippen molar-refractivity contribution in [2.24, 2.45) is 0 Å². The van der Waals surface area contributed by atoms with Crippen LogP contribution in [-0.4, -0.2) is 18.8 Å². The molecule has 0 aliphatic carbocycles. The van der Waals surface area contributed by atoms with Gasteiger partial charge in [0.25, 0.3) is 0 Å². The molecule has 0 aromatic rings. The van der Waals surface area contributed by atoms with Gasteiger partial charge in [-0.15, -0.1) is 0 Å². The molecule has 0 amide bonds. The molecule has 0 rings (SSSR count).